The topological polar surface area (TPSA) is 79.5 Å². The lowest BCUT2D eigenvalue weighted by Gasteiger charge is -2.04. The first-order valence-corrected chi connectivity index (χ1v) is 7.01. The van der Waals surface area contributed by atoms with E-state index in [0.29, 0.717) is 33.2 Å². The molecule has 114 valence electrons. The second kappa shape index (κ2) is 6.03. The van der Waals surface area contributed by atoms with Crippen LogP contribution in [0.1, 0.15) is 21.5 Å². The summed E-state index contributed by atoms with van der Waals surface area (Å²) < 4.78 is 10.5. The number of nitrogens with zero attached hydrogens (tertiary/aromatic N) is 1. The Morgan fingerprint density at radius 3 is 2.39 bits per heavy atom. The fourth-order valence-electron chi connectivity index (χ4n) is 2.17. The summed E-state index contributed by atoms with van der Waals surface area (Å²) in [6.07, 6.45) is 1.63. The lowest BCUT2D eigenvalue weighted by Crippen LogP contribution is -1.95. The third kappa shape index (κ3) is 2.98. The Morgan fingerprint density at radius 2 is 1.78 bits per heavy atom. The minimum Gasteiger partial charge on any atom is -0.478 e. The van der Waals surface area contributed by atoms with E-state index in [-0.39, 0.29) is 12.4 Å². The van der Waals surface area contributed by atoms with Crippen LogP contribution in [0.15, 0.2) is 36.4 Å². The van der Waals surface area contributed by atoms with E-state index in [2.05, 4.69) is 6.07 Å². The number of ether oxygens (including phenoxy) is 2. The van der Waals surface area contributed by atoms with Crippen LogP contribution in [0.2, 0.25) is 5.02 Å². The van der Waals surface area contributed by atoms with E-state index < -0.39 is 5.97 Å². The Morgan fingerprint density at radius 1 is 1.17 bits per heavy atom. The van der Waals surface area contributed by atoms with Crippen molar-refractivity contribution >= 4 is 29.2 Å². The molecule has 2 aromatic carbocycles. The molecule has 0 amide bonds. The van der Waals surface area contributed by atoms with Crippen molar-refractivity contribution in [2.45, 2.75) is 0 Å². The zero-order valence-electron chi connectivity index (χ0n) is 11.7. The van der Waals surface area contributed by atoms with Gasteiger partial charge in [0.05, 0.1) is 22.2 Å². The van der Waals surface area contributed by atoms with Crippen LogP contribution in [0.4, 0.5) is 0 Å². The number of carboxylic acids is 1. The molecule has 0 unspecified atom stereocenters. The molecule has 5 nitrogen and oxygen atoms in total. The largest absolute Gasteiger partial charge is 0.478 e. The highest BCUT2D eigenvalue weighted by molar-refractivity contribution is 6.32. The van der Waals surface area contributed by atoms with E-state index in [4.69, 9.17) is 26.2 Å². The first-order valence-electron chi connectivity index (χ1n) is 6.63. The zero-order valence-corrected chi connectivity index (χ0v) is 12.5. The number of allylic oxidation sites excluding steroid dienone is 1. The molecule has 0 radical (unpaired) electrons. The highest BCUT2D eigenvalue weighted by Crippen LogP contribution is 2.38. The van der Waals surface area contributed by atoms with E-state index in [9.17, 15) is 10.1 Å². The summed E-state index contributed by atoms with van der Waals surface area (Å²) in [5, 5.41) is 18.7. The zero-order chi connectivity index (χ0) is 16.4. The number of carboxylic acid groups (broad SMARTS) is 1. The summed E-state index contributed by atoms with van der Waals surface area (Å²) in [4.78, 5) is 10.9. The monoisotopic (exact) mass is 327 g/mol. The maximum atomic E-state index is 10.9. The minimum absolute atomic E-state index is 0.139. The van der Waals surface area contributed by atoms with E-state index in [1.165, 1.54) is 12.1 Å². The number of hydrogen-bond donors (Lipinski definition) is 1. The van der Waals surface area contributed by atoms with Gasteiger partial charge < -0.3 is 14.6 Å². The predicted molar refractivity (Wildman–Crippen MR) is 84.5 cm³/mol. The molecule has 23 heavy (non-hydrogen) atoms. The van der Waals surface area contributed by atoms with Crippen molar-refractivity contribution in [1.82, 2.24) is 0 Å². The molecule has 1 N–H and O–H groups in total. The number of aromatic carboxylic acids is 1. The third-order valence-corrected chi connectivity index (χ3v) is 3.68. The Labute approximate surface area is 136 Å². The normalized spacial score (nSPS) is 12.8. The Balaban J connectivity index is 1.99. The number of nitriles is 1. The molecule has 0 bridgehead atoms. The summed E-state index contributed by atoms with van der Waals surface area (Å²) in [5.41, 5.74) is 1.75. The average Bonchev–Trinajstić information content (AvgIpc) is 2.99. The molecule has 0 spiro atoms. The molecule has 1 heterocycles. The average molecular weight is 328 g/mol. The fraction of sp³-hybridized carbons (Fsp3) is 0.0588. The Bertz CT molecular complexity index is 850. The Kier molecular flexibility index (Phi) is 3.92. The van der Waals surface area contributed by atoms with Crippen LogP contribution in [0.25, 0.3) is 11.6 Å². The van der Waals surface area contributed by atoms with E-state index in [0.717, 1.165) is 0 Å². The van der Waals surface area contributed by atoms with Crippen LogP contribution in [0.3, 0.4) is 0 Å². The summed E-state index contributed by atoms with van der Waals surface area (Å²) >= 11 is 6.20. The quantitative estimate of drug-likeness (QED) is 0.684. The number of fused-ring (bicyclic) bond motifs is 1. The summed E-state index contributed by atoms with van der Waals surface area (Å²) in [5.74, 6) is 0.119. The molecule has 6 heteroatoms. The molecule has 3 rings (SSSR count). The minimum atomic E-state index is -1.02. The van der Waals surface area contributed by atoms with Gasteiger partial charge in [-0.25, -0.2) is 4.79 Å². The van der Waals surface area contributed by atoms with Gasteiger partial charge in [0.1, 0.15) is 0 Å². The molecule has 0 aromatic heterocycles. The lowest BCUT2D eigenvalue weighted by molar-refractivity contribution is 0.0697. The highest BCUT2D eigenvalue weighted by atomic mass is 35.5. The van der Waals surface area contributed by atoms with Gasteiger partial charge in [0.2, 0.25) is 6.79 Å². The molecule has 0 saturated heterocycles. The molecular weight excluding hydrogens is 318 g/mol. The van der Waals surface area contributed by atoms with Gasteiger partial charge in [0.25, 0.3) is 0 Å². The second-order valence-corrected chi connectivity index (χ2v) is 5.19. The van der Waals surface area contributed by atoms with Gasteiger partial charge in [-0.3, -0.25) is 0 Å². The molecule has 0 atom stereocenters. The number of hydrogen-bond acceptors (Lipinski definition) is 4. The summed E-state index contributed by atoms with van der Waals surface area (Å²) in [7, 11) is 0. The van der Waals surface area contributed by atoms with Crippen molar-refractivity contribution in [3.8, 4) is 17.6 Å². The van der Waals surface area contributed by atoms with Gasteiger partial charge in [-0.15, -0.1) is 0 Å². The molecule has 0 aliphatic carbocycles. The first kappa shape index (κ1) is 14.9. The number of benzene rings is 2. The van der Waals surface area contributed by atoms with Gasteiger partial charge in [-0.2, -0.15) is 5.26 Å². The summed E-state index contributed by atoms with van der Waals surface area (Å²) in [6, 6.07) is 11.5. The standard InChI is InChI=1S/C17H10ClNO4/c18-14-7-16-15(22-9-23-16)6-12(14)5-13(8-19)10-1-3-11(4-2-10)17(20)21/h1-7H,9H2,(H,20,21). The van der Waals surface area contributed by atoms with Crippen molar-refractivity contribution in [3.05, 3.63) is 58.1 Å². The molecule has 0 fully saturated rings. The molecule has 1 aliphatic heterocycles. The maximum Gasteiger partial charge on any atom is 0.335 e. The third-order valence-electron chi connectivity index (χ3n) is 3.36. The van der Waals surface area contributed by atoms with Crippen LogP contribution >= 0.6 is 11.6 Å². The predicted octanol–water partition coefficient (Wildman–Crippen LogP) is 3.83. The molecule has 1 aliphatic rings. The first-order chi connectivity index (χ1) is 11.1. The van der Waals surface area contributed by atoms with Crippen LogP contribution in [-0.2, 0) is 0 Å². The van der Waals surface area contributed by atoms with E-state index >= 15 is 0 Å². The maximum absolute atomic E-state index is 10.9. The van der Waals surface area contributed by atoms with Gasteiger partial charge in [-0.1, -0.05) is 23.7 Å². The smallest absolute Gasteiger partial charge is 0.335 e. The van der Waals surface area contributed by atoms with Crippen molar-refractivity contribution in [1.29, 1.82) is 5.26 Å². The van der Waals surface area contributed by atoms with Crippen LogP contribution in [-0.4, -0.2) is 17.9 Å². The van der Waals surface area contributed by atoms with Crippen LogP contribution < -0.4 is 9.47 Å². The van der Waals surface area contributed by atoms with E-state index in [1.807, 2.05) is 0 Å². The molecule has 2 aromatic rings. The van der Waals surface area contributed by atoms with E-state index in [1.54, 1.807) is 30.3 Å². The van der Waals surface area contributed by atoms with Crippen LogP contribution in [0.5, 0.6) is 11.5 Å². The van der Waals surface area contributed by atoms with Crippen molar-refractivity contribution in [3.63, 3.8) is 0 Å². The molecule has 0 saturated carbocycles. The van der Waals surface area contributed by atoms with Crippen molar-refractivity contribution in [2.75, 3.05) is 6.79 Å². The molecular formula is C17H10ClNO4. The van der Waals surface area contributed by atoms with Crippen molar-refractivity contribution < 1.29 is 19.4 Å². The number of rotatable bonds is 3. The van der Waals surface area contributed by atoms with Gasteiger partial charge in [0, 0.05) is 6.07 Å². The summed E-state index contributed by atoms with van der Waals surface area (Å²) in [6.45, 7) is 0.139. The fourth-order valence-corrected chi connectivity index (χ4v) is 2.38. The number of carbonyl (C=O) groups is 1. The van der Waals surface area contributed by atoms with Crippen molar-refractivity contribution in [2.24, 2.45) is 0 Å². The second-order valence-electron chi connectivity index (χ2n) is 4.78. The Hall–Kier alpha value is -2.97. The SMILES string of the molecule is N#CC(=Cc1cc2c(cc1Cl)OCO2)c1ccc(C(=O)O)cc1. The van der Waals surface area contributed by atoms with Crippen LogP contribution in [0, 0.1) is 11.3 Å². The number of halogens is 1. The van der Waals surface area contributed by atoms with Gasteiger partial charge >= 0.3 is 5.97 Å². The lowest BCUT2D eigenvalue weighted by atomic mass is 10.0. The van der Waals surface area contributed by atoms with Gasteiger partial charge in [-0.05, 0) is 35.4 Å². The van der Waals surface area contributed by atoms with Gasteiger partial charge in [0.15, 0.2) is 11.5 Å². The highest BCUT2D eigenvalue weighted by Gasteiger charge is 2.16.